The van der Waals surface area contributed by atoms with E-state index in [0.717, 1.165) is 0 Å². The van der Waals surface area contributed by atoms with Crippen LogP contribution in [0.2, 0.25) is 0 Å². The Labute approximate surface area is 127 Å². The Bertz CT molecular complexity index is 686. The molecule has 0 spiro atoms. The van der Waals surface area contributed by atoms with Gasteiger partial charge in [0.1, 0.15) is 5.75 Å². The fourth-order valence-corrected chi connectivity index (χ4v) is 3.40. The van der Waals surface area contributed by atoms with Crippen LogP contribution in [-0.4, -0.2) is 28.1 Å². The fraction of sp³-hybridized carbons (Fsp3) is 0.167. The van der Waals surface area contributed by atoms with E-state index < -0.39 is 10.9 Å². The van der Waals surface area contributed by atoms with Gasteiger partial charge in [0.05, 0.1) is 30.2 Å². The van der Waals surface area contributed by atoms with E-state index in [2.05, 4.69) is 4.98 Å². The third-order valence-electron chi connectivity index (χ3n) is 2.38. The molecular weight excluding hydrogens is 316 g/mol. The van der Waals surface area contributed by atoms with E-state index >= 15 is 0 Å². The van der Waals surface area contributed by atoms with Crippen molar-refractivity contribution < 1.29 is 19.6 Å². The largest absolute Gasteiger partial charge is 0.496 e. The summed E-state index contributed by atoms with van der Waals surface area (Å²) in [5, 5.41) is 21.2. The minimum atomic E-state index is -0.950. The first-order chi connectivity index (χ1) is 9.97. The number of nitrogens with zero attached hydrogens (tertiary/aromatic N) is 2. The molecule has 0 saturated carbocycles. The SMILES string of the molecule is COc1cc(Sc2nc(CC(=O)O)cs2)cc([N+](=O)[O-])c1. The van der Waals surface area contributed by atoms with Gasteiger partial charge in [-0.15, -0.1) is 11.3 Å². The number of nitro benzene ring substituents is 1. The number of nitro groups is 1. The zero-order valence-electron chi connectivity index (χ0n) is 10.8. The molecule has 0 radical (unpaired) electrons. The van der Waals surface area contributed by atoms with Crippen LogP contribution in [0.5, 0.6) is 5.75 Å². The number of benzene rings is 1. The Morgan fingerprint density at radius 1 is 1.52 bits per heavy atom. The first kappa shape index (κ1) is 15.3. The number of hydrogen-bond acceptors (Lipinski definition) is 7. The van der Waals surface area contributed by atoms with Crippen LogP contribution in [-0.2, 0) is 11.2 Å². The standard InChI is InChI=1S/C12H10N2O5S2/c1-19-9-3-8(14(17)18)4-10(5-9)21-12-13-7(6-20-12)2-11(15)16/h3-6H,2H2,1H3,(H,15,16). The molecule has 2 rings (SSSR count). The quantitative estimate of drug-likeness (QED) is 0.643. The molecule has 1 heterocycles. The lowest BCUT2D eigenvalue weighted by Gasteiger charge is -2.03. The van der Waals surface area contributed by atoms with Gasteiger partial charge in [0.15, 0.2) is 4.34 Å². The Morgan fingerprint density at radius 2 is 2.29 bits per heavy atom. The third-order valence-corrected chi connectivity index (χ3v) is 4.34. The summed E-state index contributed by atoms with van der Waals surface area (Å²) in [6, 6.07) is 4.42. The normalized spacial score (nSPS) is 10.3. The van der Waals surface area contributed by atoms with Gasteiger partial charge in [-0.25, -0.2) is 4.98 Å². The number of carboxylic acids is 1. The van der Waals surface area contributed by atoms with Crippen LogP contribution in [0.4, 0.5) is 5.69 Å². The number of methoxy groups -OCH3 is 1. The summed E-state index contributed by atoms with van der Waals surface area (Å²) in [6.45, 7) is 0. The van der Waals surface area contributed by atoms with Crippen molar-refractivity contribution in [3.63, 3.8) is 0 Å². The number of non-ortho nitro benzene ring substituents is 1. The number of ether oxygens (including phenoxy) is 1. The zero-order valence-corrected chi connectivity index (χ0v) is 12.4. The molecular formula is C12H10N2O5S2. The van der Waals surface area contributed by atoms with Gasteiger partial charge in [-0.05, 0) is 6.07 Å². The Hall–Kier alpha value is -2.13. The molecule has 0 fully saturated rings. The zero-order chi connectivity index (χ0) is 15.4. The molecule has 0 aliphatic heterocycles. The Kier molecular flexibility index (Phi) is 4.76. The Morgan fingerprint density at radius 3 is 2.90 bits per heavy atom. The van der Waals surface area contributed by atoms with Crippen molar-refractivity contribution in [1.29, 1.82) is 0 Å². The van der Waals surface area contributed by atoms with Crippen molar-refractivity contribution in [3.05, 3.63) is 39.4 Å². The molecule has 0 amide bonds. The monoisotopic (exact) mass is 326 g/mol. The molecule has 7 nitrogen and oxygen atoms in total. The number of carboxylic acid groups (broad SMARTS) is 1. The van der Waals surface area contributed by atoms with Crippen molar-refractivity contribution in [2.45, 2.75) is 15.7 Å². The molecule has 0 bridgehead atoms. The second-order valence-corrected chi connectivity index (χ2v) is 6.08. The maximum Gasteiger partial charge on any atom is 0.309 e. The first-order valence-corrected chi connectivity index (χ1v) is 7.35. The topological polar surface area (TPSA) is 103 Å². The number of rotatable bonds is 6. The van der Waals surface area contributed by atoms with Crippen molar-refractivity contribution in [1.82, 2.24) is 4.98 Å². The van der Waals surface area contributed by atoms with E-state index in [-0.39, 0.29) is 12.1 Å². The molecule has 1 aromatic heterocycles. The van der Waals surface area contributed by atoms with Crippen LogP contribution >= 0.6 is 23.1 Å². The Balaban J connectivity index is 2.22. The van der Waals surface area contributed by atoms with Gasteiger partial charge in [0.25, 0.3) is 5.69 Å². The second-order valence-electron chi connectivity index (χ2n) is 3.90. The molecule has 110 valence electrons. The maximum atomic E-state index is 10.9. The molecule has 0 atom stereocenters. The molecule has 0 saturated heterocycles. The van der Waals surface area contributed by atoms with Crippen LogP contribution in [0.3, 0.4) is 0 Å². The van der Waals surface area contributed by atoms with Gasteiger partial charge < -0.3 is 9.84 Å². The average Bonchev–Trinajstić information content (AvgIpc) is 2.84. The number of hydrogen-bond donors (Lipinski definition) is 1. The summed E-state index contributed by atoms with van der Waals surface area (Å²) >= 11 is 2.52. The molecule has 0 aliphatic rings. The van der Waals surface area contributed by atoms with Gasteiger partial charge >= 0.3 is 5.97 Å². The van der Waals surface area contributed by atoms with Crippen molar-refractivity contribution in [3.8, 4) is 5.75 Å². The van der Waals surface area contributed by atoms with Crippen LogP contribution in [0, 0.1) is 10.1 Å². The van der Waals surface area contributed by atoms with Crippen LogP contribution < -0.4 is 4.74 Å². The molecule has 1 aromatic carbocycles. The number of thiazole rings is 1. The predicted molar refractivity (Wildman–Crippen MR) is 77.2 cm³/mol. The van der Waals surface area contributed by atoms with Crippen molar-refractivity contribution >= 4 is 34.8 Å². The van der Waals surface area contributed by atoms with E-state index in [1.54, 1.807) is 11.4 Å². The van der Waals surface area contributed by atoms with Crippen LogP contribution in [0.25, 0.3) is 0 Å². The summed E-state index contributed by atoms with van der Waals surface area (Å²) in [4.78, 5) is 25.7. The van der Waals surface area contributed by atoms with E-state index in [4.69, 9.17) is 9.84 Å². The second kappa shape index (κ2) is 6.55. The van der Waals surface area contributed by atoms with Gasteiger partial charge in [-0.1, -0.05) is 11.8 Å². The van der Waals surface area contributed by atoms with Crippen molar-refractivity contribution in [2.75, 3.05) is 7.11 Å². The van der Waals surface area contributed by atoms with E-state index in [0.29, 0.717) is 20.7 Å². The summed E-state index contributed by atoms with van der Waals surface area (Å²) in [5.41, 5.74) is 0.395. The molecule has 0 unspecified atom stereocenters. The number of carbonyl (C=O) groups is 1. The van der Waals surface area contributed by atoms with Gasteiger partial charge in [-0.2, -0.15) is 0 Å². The van der Waals surface area contributed by atoms with Crippen molar-refractivity contribution in [2.24, 2.45) is 0 Å². The summed E-state index contributed by atoms with van der Waals surface area (Å²) < 4.78 is 5.65. The predicted octanol–water partition coefficient (Wildman–Crippen LogP) is 2.84. The van der Waals surface area contributed by atoms with Crippen LogP contribution in [0.1, 0.15) is 5.69 Å². The first-order valence-electron chi connectivity index (χ1n) is 5.65. The summed E-state index contributed by atoms with van der Waals surface area (Å²) in [6.07, 6.45) is -0.144. The van der Waals surface area contributed by atoms with Gasteiger partial charge in [0.2, 0.25) is 0 Å². The lowest BCUT2D eigenvalue weighted by molar-refractivity contribution is -0.385. The maximum absolute atomic E-state index is 10.9. The smallest absolute Gasteiger partial charge is 0.309 e. The minimum absolute atomic E-state index is 0.0702. The number of aliphatic carboxylic acids is 1. The van der Waals surface area contributed by atoms with Crippen LogP contribution in [0.15, 0.2) is 32.8 Å². The molecule has 21 heavy (non-hydrogen) atoms. The summed E-state index contributed by atoms with van der Waals surface area (Å²) in [5.74, 6) is -0.567. The number of aromatic nitrogens is 1. The van der Waals surface area contributed by atoms with Gasteiger partial charge in [-0.3, -0.25) is 14.9 Å². The third kappa shape index (κ3) is 4.17. The van der Waals surface area contributed by atoms with Gasteiger partial charge in [0, 0.05) is 16.3 Å². The lowest BCUT2D eigenvalue weighted by Crippen LogP contribution is -1.99. The highest BCUT2D eigenvalue weighted by atomic mass is 32.2. The fourth-order valence-electron chi connectivity index (χ4n) is 1.51. The average molecular weight is 326 g/mol. The molecule has 2 aromatic rings. The summed E-state index contributed by atoms with van der Waals surface area (Å²) in [7, 11) is 1.43. The van der Waals surface area contributed by atoms with E-state index in [1.807, 2.05) is 0 Å². The molecule has 1 N–H and O–H groups in total. The molecule has 9 heteroatoms. The highest BCUT2D eigenvalue weighted by Crippen LogP contribution is 2.35. The highest BCUT2D eigenvalue weighted by molar-refractivity contribution is 8.01. The van der Waals surface area contributed by atoms with E-state index in [1.165, 1.54) is 42.3 Å². The lowest BCUT2D eigenvalue weighted by atomic mass is 10.3. The molecule has 0 aliphatic carbocycles. The van der Waals surface area contributed by atoms with E-state index in [9.17, 15) is 14.9 Å². The highest BCUT2D eigenvalue weighted by Gasteiger charge is 2.13. The minimum Gasteiger partial charge on any atom is -0.496 e.